The maximum absolute atomic E-state index is 12.3. The second-order valence-corrected chi connectivity index (χ2v) is 7.38. The summed E-state index contributed by atoms with van der Waals surface area (Å²) in [5.41, 5.74) is 3.90. The van der Waals surface area contributed by atoms with Gasteiger partial charge in [0.1, 0.15) is 6.54 Å². The van der Waals surface area contributed by atoms with E-state index in [2.05, 4.69) is 63.0 Å². The molecule has 2 aromatic carbocycles. The molecule has 31 heavy (non-hydrogen) atoms. The number of halogens is 1. The number of terminal acetylenes is 1. The van der Waals surface area contributed by atoms with Crippen molar-refractivity contribution >= 4 is 47.2 Å². The smallest absolute Gasteiger partial charge is 0.246 e. The number of amides is 1. The van der Waals surface area contributed by atoms with Crippen LogP contribution in [0.1, 0.15) is 24.5 Å². The maximum Gasteiger partial charge on any atom is 0.246 e. The van der Waals surface area contributed by atoms with E-state index in [9.17, 15) is 4.79 Å². The van der Waals surface area contributed by atoms with Gasteiger partial charge in [-0.2, -0.15) is 0 Å². The minimum Gasteiger partial charge on any atom is -0.369 e. The molecule has 3 rings (SSSR count). The first-order chi connectivity index (χ1) is 14.6. The molecule has 1 amide bonds. The molecule has 1 saturated heterocycles. The summed E-state index contributed by atoms with van der Waals surface area (Å²) >= 11 is 0. The fourth-order valence-electron chi connectivity index (χ4n) is 3.42. The lowest BCUT2D eigenvalue weighted by molar-refractivity contribution is -0.114. The summed E-state index contributed by atoms with van der Waals surface area (Å²) in [6.07, 6.45) is 6.43. The number of benzene rings is 2. The number of carbonyl (C=O) groups excluding carboxylic acids is 1. The van der Waals surface area contributed by atoms with Gasteiger partial charge in [-0.25, -0.2) is 4.99 Å². The molecule has 7 heteroatoms. The Balaban J connectivity index is 0.00000341. The second-order valence-electron chi connectivity index (χ2n) is 7.38. The van der Waals surface area contributed by atoms with Crippen molar-refractivity contribution in [3.63, 3.8) is 0 Å². The van der Waals surface area contributed by atoms with Crippen LogP contribution in [0.3, 0.4) is 0 Å². The van der Waals surface area contributed by atoms with Gasteiger partial charge in [0, 0.05) is 42.6 Å². The third kappa shape index (κ3) is 7.47. The van der Waals surface area contributed by atoms with Gasteiger partial charge in [0.15, 0.2) is 5.96 Å². The van der Waals surface area contributed by atoms with Gasteiger partial charge in [-0.15, -0.1) is 30.4 Å². The van der Waals surface area contributed by atoms with Crippen molar-refractivity contribution in [3.05, 3.63) is 59.7 Å². The Bertz CT molecular complexity index is 936. The van der Waals surface area contributed by atoms with Crippen molar-refractivity contribution in [2.45, 2.75) is 26.3 Å². The SMILES string of the molecule is C#Cc1cccc(NC(=O)CN=C(NCC)NC2CCN(c3ccc(C)cc3)C2)c1.I. The topological polar surface area (TPSA) is 68.8 Å². The minimum atomic E-state index is -0.186. The molecule has 1 aliphatic rings. The van der Waals surface area contributed by atoms with Crippen LogP contribution < -0.4 is 20.9 Å². The maximum atomic E-state index is 12.3. The first kappa shape index (κ1) is 24.5. The molecule has 1 heterocycles. The van der Waals surface area contributed by atoms with E-state index in [-0.39, 0.29) is 42.5 Å². The van der Waals surface area contributed by atoms with Gasteiger partial charge in [0.2, 0.25) is 5.91 Å². The fraction of sp³-hybridized carbons (Fsp3) is 0.333. The second kappa shape index (κ2) is 12.2. The highest BCUT2D eigenvalue weighted by molar-refractivity contribution is 14.0. The van der Waals surface area contributed by atoms with Crippen LogP contribution in [0.25, 0.3) is 0 Å². The van der Waals surface area contributed by atoms with E-state index < -0.39 is 0 Å². The molecular formula is C24H30IN5O. The number of nitrogens with one attached hydrogen (secondary N) is 3. The zero-order valence-electron chi connectivity index (χ0n) is 18.0. The molecular weight excluding hydrogens is 501 g/mol. The molecule has 0 spiro atoms. The van der Waals surface area contributed by atoms with E-state index in [0.29, 0.717) is 11.6 Å². The average Bonchev–Trinajstić information content (AvgIpc) is 3.21. The van der Waals surface area contributed by atoms with Gasteiger partial charge >= 0.3 is 0 Å². The van der Waals surface area contributed by atoms with Gasteiger partial charge in [-0.1, -0.05) is 29.7 Å². The van der Waals surface area contributed by atoms with Gasteiger partial charge in [0.25, 0.3) is 0 Å². The first-order valence-electron chi connectivity index (χ1n) is 10.3. The minimum absolute atomic E-state index is 0. The number of aliphatic imine (C=N–C) groups is 1. The van der Waals surface area contributed by atoms with Crippen LogP contribution >= 0.6 is 24.0 Å². The summed E-state index contributed by atoms with van der Waals surface area (Å²) in [6, 6.07) is 16.1. The monoisotopic (exact) mass is 531 g/mol. The lowest BCUT2D eigenvalue weighted by Crippen LogP contribution is -2.45. The predicted molar refractivity (Wildman–Crippen MR) is 139 cm³/mol. The number of hydrogen-bond acceptors (Lipinski definition) is 3. The molecule has 2 aromatic rings. The van der Waals surface area contributed by atoms with Crippen LogP contribution in [-0.4, -0.2) is 44.1 Å². The third-order valence-corrected chi connectivity index (χ3v) is 4.97. The van der Waals surface area contributed by atoms with Crippen LogP contribution in [0.5, 0.6) is 0 Å². The Labute approximate surface area is 201 Å². The highest BCUT2D eigenvalue weighted by Gasteiger charge is 2.23. The molecule has 3 N–H and O–H groups in total. The van der Waals surface area contributed by atoms with Crippen molar-refractivity contribution in [2.24, 2.45) is 4.99 Å². The van der Waals surface area contributed by atoms with Crippen LogP contribution in [0.4, 0.5) is 11.4 Å². The van der Waals surface area contributed by atoms with Crippen molar-refractivity contribution in [2.75, 3.05) is 36.4 Å². The van der Waals surface area contributed by atoms with Crippen molar-refractivity contribution < 1.29 is 4.79 Å². The summed E-state index contributed by atoms with van der Waals surface area (Å²) in [6.45, 7) is 6.76. The van der Waals surface area contributed by atoms with Crippen LogP contribution in [0.15, 0.2) is 53.5 Å². The number of anilines is 2. The number of carbonyl (C=O) groups is 1. The van der Waals surface area contributed by atoms with Crippen molar-refractivity contribution in [1.29, 1.82) is 0 Å². The lowest BCUT2D eigenvalue weighted by atomic mass is 10.2. The molecule has 1 unspecified atom stereocenters. The number of nitrogens with zero attached hydrogens (tertiary/aromatic N) is 2. The van der Waals surface area contributed by atoms with E-state index in [4.69, 9.17) is 6.42 Å². The lowest BCUT2D eigenvalue weighted by Gasteiger charge is -2.20. The van der Waals surface area contributed by atoms with Crippen LogP contribution in [-0.2, 0) is 4.79 Å². The quantitative estimate of drug-likeness (QED) is 0.232. The van der Waals surface area contributed by atoms with E-state index in [0.717, 1.165) is 31.6 Å². The zero-order chi connectivity index (χ0) is 21.3. The molecule has 0 aliphatic carbocycles. The molecule has 0 radical (unpaired) electrons. The van der Waals surface area contributed by atoms with Crippen molar-refractivity contribution in [1.82, 2.24) is 10.6 Å². The van der Waals surface area contributed by atoms with Gasteiger partial charge in [-0.3, -0.25) is 4.79 Å². The largest absolute Gasteiger partial charge is 0.369 e. The predicted octanol–water partition coefficient (Wildman–Crippen LogP) is 3.37. The number of rotatable bonds is 6. The number of aryl methyl sites for hydroxylation is 1. The average molecular weight is 531 g/mol. The van der Waals surface area contributed by atoms with Crippen LogP contribution in [0, 0.1) is 19.3 Å². The molecule has 0 saturated carbocycles. The summed E-state index contributed by atoms with van der Waals surface area (Å²) in [7, 11) is 0. The summed E-state index contributed by atoms with van der Waals surface area (Å²) in [4.78, 5) is 19.1. The summed E-state index contributed by atoms with van der Waals surface area (Å²) in [5.74, 6) is 3.03. The first-order valence-corrected chi connectivity index (χ1v) is 10.3. The molecule has 6 nitrogen and oxygen atoms in total. The zero-order valence-corrected chi connectivity index (χ0v) is 20.4. The molecule has 1 aliphatic heterocycles. The van der Waals surface area contributed by atoms with E-state index in [1.54, 1.807) is 6.07 Å². The normalized spacial score (nSPS) is 15.6. The standard InChI is InChI=1S/C24H29N5O.HI/c1-4-19-7-6-8-20(15-19)27-23(30)16-26-24(25-5-2)28-21-13-14-29(17-21)22-11-9-18(3)10-12-22;/h1,6-12,15,21H,5,13-14,16-17H2,2-3H3,(H,27,30)(H2,25,26,28);1H. The van der Waals surface area contributed by atoms with Gasteiger partial charge in [-0.05, 0) is 50.6 Å². The summed E-state index contributed by atoms with van der Waals surface area (Å²) < 4.78 is 0. The van der Waals surface area contributed by atoms with E-state index in [1.807, 2.05) is 25.1 Å². The Kier molecular flexibility index (Phi) is 9.66. The van der Waals surface area contributed by atoms with E-state index in [1.165, 1.54) is 11.3 Å². The van der Waals surface area contributed by atoms with Gasteiger partial charge in [0.05, 0.1) is 0 Å². The molecule has 0 aromatic heterocycles. The Morgan fingerprint density at radius 3 is 2.74 bits per heavy atom. The highest BCUT2D eigenvalue weighted by atomic mass is 127. The molecule has 1 fully saturated rings. The Morgan fingerprint density at radius 2 is 2.03 bits per heavy atom. The third-order valence-electron chi connectivity index (χ3n) is 4.97. The fourth-order valence-corrected chi connectivity index (χ4v) is 3.42. The van der Waals surface area contributed by atoms with Gasteiger partial charge < -0.3 is 20.9 Å². The van der Waals surface area contributed by atoms with Crippen molar-refractivity contribution in [3.8, 4) is 12.3 Å². The Morgan fingerprint density at radius 1 is 1.26 bits per heavy atom. The van der Waals surface area contributed by atoms with Crippen LogP contribution in [0.2, 0.25) is 0 Å². The van der Waals surface area contributed by atoms with E-state index >= 15 is 0 Å². The molecule has 0 bridgehead atoms. The summed E-state index contributed by atoms with van der Waals surface area (Å²) in [5, 5.41) is 9.51. The molecule has 1 atom stereocenters. The number of hydrogen-bond donors (Lipinski definition) is 3. The Hall–Kier alpha value is -2.73. The number of guanidine groups is 1. The molecule has 164 valence electrons. The highest BCUT2D eigenvalue weighted by Crippen LogP contribution is 2.20.